The van der Waals surface area contributed by atoms with E-state index in [1.54, 1.807) is 6.07 Å². The molecule has 0 aliphatic heterocycles. The second kappa shape index (κ2) is 4.96. The lowest BCUT2D eigenvalue weighted by Gasteiger charge is -2.16. The summed E-state index contributed by atoms with van der Waals surface area (Å²) in [6, 6.07) is 9.77. The van der Waals surface area contributed by atoms with Crippen LogP contribution in [0, 0.1) is 5.41 Å². The topological polar surface area (TPSA) is 82.7 Å². The first-order valence-electron chi connectivity index (χ1n) is 6.85. The van der Waals surface area contributed by atoms with Gasteiger partial charge in [-0.2, -0.15) is 0 Å². The maximum absolute atomic E-state index is 11.9. The van der Waals surface area contributed by atoms with Gasteiger partial charge in [0.25, 0.3) is 5.56 Å². The van der Waals surface area contributed by atoms with E-state index in [2.05, 4.69) is 17.1 Å². The molecule has 0 radical (unpaired) electrons. The maximum atomic E-state index is 11.9. The Morgan fingerprint density at radius 3 is 2.55 bits per heavy atom. The van der Waals surface area contributed by atoms with Crippen LogP contribution >= 0.6 is 0 Å². The van der Waals surface area contributed by atoms with Gasteiger partial charge in [-0.15, -0.1) is 0 Å². The van der Waals surface area contributed by atoms with E-state index in [4.69, 9.17) is 11.1 Å². The van der Waals surface area contributed by atoms with Crippen LogP contribution in [0.2, 0.25) is 0 Å². The number of hydrogen-bond donors (Lipinski definition) is 3. The highest BCUT2D eigenvalue weighted by Gasteiger charge is 2.11. The number of fused-ring (bicyclic) bond motifs is 1. The Morgan fingerprint density at radius 2 is 1.85 bits per heavy atom. The predicted octanol–water partition coefficient (Wildman–Crippen LogP) is 2.20. The molecule has 1 aromatic carbocycles. The van der Waals surface area contributed by atoms with Crippen LogP contribution in [0.4, 0.5) is 0 Å². The first-order valence-corrected chi connectivity index (χ1v) is 6.85. The third-order valence-corrected chi connectivity index (χ3v) is 3.86. The van der Waals surface area contributed by atoms with E-state index in [9.17, 15) is 4.79 Å². The summed E-state index contributed by atoms with van der Waals surface area (Å²) >= 11 is 0. The number of aryl methyl sites for hydroxylation is 2. The molecule has 1 heterocycles. The molecule has 4 heteroatoms. The summed E-state index contributed by atoms with van der Waals surface area (Å²) in [7, 11) is 0. The largest absolute Gasteiger partial charge is 0.384 e. The van der Waals surface area contributed by atoms with E-state index in [-0.39, 0.29) is 17.0 Å². The zero-order valence-electron chi connectivity index (χ0n) is 11.2. The molecule has 0 saturated heterocycles. The van der Waals surface area contributed by atoms with Gasteiger partial charge >= 0.3 is 0 Å². The number of pyridine rings is 1. The molecular weight excluding hydrogens is 250 g/mol. The standard InChI is InChI=1S/C16H17N3O/c17-15(18)13-7-8-14(19-16(13)20)12-6-5-10-3-1-2-4-11(10)9-12/h5-9H,1-4H2,(H3,17,18)(H,19,20). The quantitative estimate of drug-likeness (QED) is 0.576. The molecule has 0 spiro atoms. The van der Waals surface area contributed by atoms with Gasteiger partial charge in [-0.25, -0.2) is 0 Å². The van der Waals surface area contributed by atoms with Crippen LogP contribution < -0.4 is 11.3 Å². The van der Waals surface area contributed by atoms with Gasteiger partial charge in [0.2, 0.25) is 0 Å². The van der Waals surface area contributed by atoms with Gasteiger partial charge in [-0.1, -0.05) is 12.1 Å². The van der Waals surface area contributed by atoms with Crippen molar-refractivity contribution in [1.29, 1.82) is 5.41 Å². The third kappa shape index (κ3) is 2.25. The molecule has 0 bridgehead atoms. The Hall–Kier alpha value is -2.36. The second-order valence-electron chi connectivity index (χ2n) is 5.22. The highest BCUT2D eigenvalue weighted by Crippen LogP contribution is 2.26. The lowest BCUT2D eigenvalue weighted by atomic mass is 9.90. The number of nitrogens with two attached hydrogens (primary N) is 1. The molecule has 3 rings (SSSR count). The van der Waals surface area contributed by atoms with Crippen molar-refractivity contribution in [3.63, 3.8) is 0 Å². The van der Waals surface area contributed by atoms with Crippen molar-refractivity contribution >= 4 is 5.84 Å². The highest BCUT2D eigenvalue weighted by atomic mass is 16.1. The highest BCUT2D eigenvalue weighted by molar-refractivity contribution is 5.94. The van der Waals surface area contributed by atoms with Crippen molar-refractivity contribution in [2.75, 3.05) is 0 Å². The minimum absolute atomic E-state index is 0.205. The summed E-state index contributed by atoms with van der Waals surface area (Å²) in [6.07, 6.45) is 4.75. The van der Waals surface area contributed by atoms with Gasteiger partial charge in [0.15, 0.2) is 0 Å². The van der Waals surface area contributed by atoms with Gasteiger partial charge in [0.1, 0.15) is 5.84 Å². The van der Waals surface area contributed by atoms with Crippen molar-refractivity contribution in [2.24, 2.45) is 5.73 Å². The third-order valence-electron chi connectivity index (χ3n) is 3.86. The van der Waals surface area contributed by atoms with Crippen LogP contribution in [0.1, 0.15) is 29.5 Å². The summed E-state index contributed by atoms with van der Waals surface area (Å²) in [5, 5.41) is 7.33. The van der Waals surface area contributed by atoms with E-state index >= 15 is 0 Å². The average Bonchev–Trinajstić information content (AvgIpc) is 2.46. The Balaban J connectivity index is 2.03. The number of benzene rings is 1. The van der Waals surface area contributed by atoms with Crippen molar-refractivity contribution < 1.29 is 0 Å². The number of H-pyrrole nitrogens is 1. The number of amidine groups is 1. The first kappa shape index (κ1) is 12.7. The number of nitrogens with one attached hydrogen (secondary N) is 2. The molecule has 4 nitrogen and oxygen atoms in total. The van der Waals surface area contributed by atoms with E-state index in [0.29, 0.717) is 0 Å². The van der Waals surface area contributed by atoms with Crippen molar-refractivity contribution in [2.45, 2.75) is 25.7 Å². The number of aromatic amines is 1. The van der Waals surface area contributed by atoms with Crippen molar-refractivity contribution in [3.05, 3.63) is 57.4 Å². The van der Waals surface area contributed by atoms with Gasteiger partial charge in [-0.05, 0) is 60.6 Å². The Morgan fingerprint density at radius 1 is 1.10 bits per heavy atom. The lowest BCUT2D eigenvalue weighted by Crippen LogP contribution is -2.23. The molecular formula is C16H17N3O. The zero-order chi connectivity index (χ0) is 14.1. The van der Waals surface area contributed by atoms with Crippen molar-refractivity contribution in [3.8, 4) is 11.3 Å². The first-order chi connectivity index (χ1) is 9.65. The van der Waals surface area contributed by atoms with E-state index in [1.165, 1.54) is 24.0 Å². The lowest BCUT2D eigenvalue weighted by molar-refractivity contribution is 0.686. The predicted molar refractivity (Wildman–Crippen MR) is 80.2 cm³/mol. The minimum Gasteiger partial charge on any atom is -0.384 e. The molecule has 1 aliphatic carbocycles. The van der Waals surface area contributed by atoms with Gasteiger partial charge in [-0.3, -0.25) is 10.2 Å². The van der Waals surface area contributed by atoms with Crippen LogP contribution in [0.25, 0.3) is 11.3 Å². The summed E-state index contributed by atoms with van der Waals surface area (Å²) in [5.41, 5.74) is 9.84. The molecule has 0 unspecified atom stereocenters. The normalized spacial score (nSPS) is 13.8. The summed E-state index contributed by atoms with van der Waals surface area (Å²) in [5.74, 6) is -0.205. The van der Waals surface area contributed by atoms with Crippen molar-refractivity contribution in [1.82, 2.24) is 4.98 Å². The van der Waals surface area contributed by atoms with Crippen LogP contribution in [0.15, 0.2) is 35.1 Å². The number of hydrogen-bond acceptors (Lipinski definition) is 2. The monoisotopic (exact) mass is 267 g/mol. The molecule has 0 saturated carbocycles. The number of rotatable bonds is 2. The van der Waals surface area contributed by atoms with E-state index < -0.39 is 0 Å². The number of aromatic nitrogens is 1. The molecule has 1 aliphatic rings. The SMILES string of the molecule is N=C(N)c1ccc(-c2ccc3c(c2)CCCC3)[nH]c1=O. The molecule has 20 heavy (non-hydrogen) atoms. The summed E-state index contributed by atoms with van der Waals surface area (Å²) < 4.78 is 0. The van der Waals surface area contributed by atoms with Crippen LogP contribution in [0.3, 0.4) is 0 Å². The molecule has 0 amide bonds. The fraction of sp³-hybridized carbons (Fsp3) is 0.250. The van der Waals surface area contributed by atoms with Crippen LogP contribution in [0.5, 0.6) is 0 Å². The average molecular weight is 267 g/mol. The van der Waals surface area contributed by atoms with Gasteiger partial charge < -0.3 is 10.7 Å². The minimum atomic E-state index is -0.312. The molecule has 4 N–H and O–H groups in total. The molecule has 0 fully saturated rings. The molecule has 0 atom stereocenters. The van der Waals surface area contributed by atoms with Gasteiger partial charge in [0, 0.05) is 5.69 Å². The second-order valence-corrected chi connectivity index (χ2v) is 5.22. The van der Waals surface area contributed by atoms with Gasteiger partial charge in [0.05, 0.1) is 5.56 Å². The summed E-state index contributed by atoms with van der Waals surface area (Å²) in [4.78, 5) is 14.7. The molecule has 102 valence electrons. The summed E-state index contributed by atoms with van der Waals surface area (Å²) in [6.45, 7) is 0. The van der Waals surface area contributed by atoms with E-state index in [0.717, 1.165) is 24.1 Å². The zero-order valence-corrected chi connectivity index (χ0v) is 11.2. The van der Waals surface area contributed by atoms with Crippen LogP contribution in [-0.4, -0.2) is 10.8 Å². The molecule has 2 aromatic rings. The Kier molecular flexibility index (Phi) is 3.14. The number of nitrogen functional groups attached to an aromatic ring is 1. The Bertz CT molecular complexity index is 731. The van der Waals surface area contributed by atoms with Crippen LogP contribution in [-0.2, 0) is 12.8 Å². The Labute approximate surface area is 117 Å². The fourth-order valence-corrected chi connectivity index (χ4v) is 2.76. The molecule has 1 aromatic heterocycles. The maximum Gasteiger partial charge on any atom is 0.259 e. The van der Waals surface area contributed by atoms with E-state index in [1.807, 2.05) is 12.1 Å². The fourth-order valence-electron chi connectivity index (χ4n) is 2.76. The smallest absolute Gasteiger partial charge is 0.259 e.